The van der Waals surface area contributed by atoms with Crippen molar-refractivity contribution < 1.29 is 0 Å². The molecule has 2 rings (SSSR count). The highest BCUT2D eigenvalue weighted by Crippen LogP contribution is 2.20. The van der Waals surface area contributed by atoms with Crippen LogP contribution in [0.1, 0.15) is 12.0 Å². The van der Waals surface area contributed by atoms with Crippen LogP contribution in [0.2, 0.25) is 5.02 Å². The molecule has 1 atom stereocenters. The Hall–Kier alpha value is -0.240. The second kappa shape index (κ2) is 5.20. The van der Waals surface area contributed by atoms with Gasteiger partial charge < -0.3 is 0 Å². The van der Waals surface area contributed by atoms with Crippen LogP contribution in [0.25, 0.3) is 0 Å². The molecule has 0 bridgehead atoms. The Morgan fingerprint density at radius 2 is 2.00 bits per heavy atom. The van der Waals surface area contributed by atoms with Gasteiger partial charge in [-0.1, -0.05) is 23.7 Å². The Kier molecular flexibility index (Phi) is 3.90. The molecule has 1 aromatic carbocycles. The van der Waals surface area contributed by atoms with Crippen LogP contribution in [-0.2, 0) is 6.54 Å². The predicted molar refractivity (Wildman–Crippen MR) is 65.6 cm³/mol. The molecule has 0 aliphatic carbocycles. The average Bonchev–Trinajstić information content (AvgIpc) is 2.69. The molecule has 1 aliphatic heterocycles. The van der Waals surface area contributed by atoms with Gasteiger partial charge >= 0.3 is 0 Å². The van der Waals surface area contributed by atoms with Crippen LogP contribution in [0.3, 0.4) is 0 Å². The molecule has 3 heteroatoms. The Morgan fingerprint density at radius 1 is 1.27 bits per heavy atom. The van der Waals surface area contributed by atoms with E-state index < -0.39 is 0 Å². The maximum atomic E-state index is 5.85. The van der Waals surface area contributed by atoms with Crippen LogP contribution in [0.5, 0.6) is 0 Å². The molecule has 0 aromatic heterocycles. The molecule has 1 heterocycles. The summed E-state index contributed by atoms with van der Waals surface area (Å²) in [5, 5.41) is 0.804. The van der Waals surface area contributed by atoms with E-state index in [9.17, 15) is 0 Å². The van der Waals surface area contributed by atoms with Gasteiger partial charge in [-0.3, -0.25) is 4.90 Å². The lowest BCUT2D eigenvalue weighted by Crippen LogP contribution is -2.20. The van der Waals surface area contributed by atoms with Crippen molar-refractivity contribution in [1.29, 1.82) is 0 Å². The lowest BCUT2D eigenvalue weighted by molar-refractivity contribution is 0.321. The highest BCUT2D eigenvalue weighted by atomic mass is 35.5. The monoisotopic (exact) mass is 243 g/mol. The summed E-state index contributed by atoms with van der Waals surface area (Å²) in [7, 11) is 0. The van der Waals surface area contributed by atoms with Crippen molar-refractivity contribution in [2.45, 2.75) is 13.0 Å². The smallest absolute Gasteiger partial charge is 0.0406 e. The van der Waals surface area contributed by atoms with E-state index in [1.807, 2.05) is 12.1 Å². The van der Waals surface area contributed by atoms with Gasteiger partial charge in [-0.05, 0) is 36.6 Å². The van der Waals surface area contributed by atoms with Gasteiger partial charge in [0.25, 0.3) is 0 Å². The molecule has 0 saturated carbocycles. The standard InChI is InChI=1S/C12H15Cl2N/c13-7-11-5-6-15(9-11)8-10-1-3-12(14)4-2-10/h1-4,11H,5-9H2. The number of halogens is 2. The van der Waals surface area contributed by atoms with Crippen LogP contribution < -0.4 is 0 Å². The number of benzene rings is 1. The van der Waals surface area contributed by atoms with Crippen molar-refractivity contribution in [2.24, 2.45) is 5.92 Å². The maximum absolute atomic E-state index is 5.85. The third-order valence-electron chi connectivity index (χ3n) is 2.91. The molecule has 0 N–H and O–H groups in total. The summed E-state index contributed by atoms with van der Waals surface area (Å²) in [5.74, 6) is 1.47. The molecule has 1 saturated heterocycles. The minimum atomic E-state index is 0.680. The highest BCUT2D eigenvalue weighted by molar-refractivity contribution is 6.30. The number of alkyl halides is 1. The summed E-state index contributed by atoms with van der Waals surface area (Å²) in [6.45, 7) is 3.32. The van der Waals surface area contributed by atoms with E-state index in [-0.39, 0.29) is 0 Å². The zero-order valence-electron chi connectivity index (χ0n) is 8.63. The van der Waals surface area contributed by atoms with Gasteiger partial charge in [0.2, 0.25) is 0 Å². The summed E-state index contributed by atoms with van der Waals surface area (Å²) >= 11 is 11.7. The van der Waals surface area contributed by atoms with E-state index in [4.69, 9.17) is 23.2 Å². The fourth-order valence-electron chi connectivity index (χ4n) is 2.03. The van der Waals surface area contributed by atoms with Crippen molar-refractivity contribution in [1.82, 2.24) is 4.90 Å². The molecule has 1 aliphatic rings. The van der Waals surface area contributed by atoms with E-state index in [0.29, 0.717) is 5.92 Å². The predicted octanol–water partition coefficient (Wildman–Crippen LogP) is 3.40. The van der Waals surface area contributed by atoms with Gasteiger partial charge in [0.1, 0.15) is 0 Å². The zero-order chi connectivity index (χ0) is 10.7. The summed E-state index contributed by atoms with van der Waals surface area (Å²) < 4.78 is 0. The van der Waals surface area contributed by atoms with Crippen molar-refractivity contribution in [3.05, 3.63) is 34.9 Å². The number of rotatable bonds is 3. The summed E-state index contributed by atoms with van der Waals surface area (Å²) in [4.78, 5) is 2.45. The van der Waals surface area contributed by atoms with Crippen molar-refractivity contribution in [3.8, 4) is 0 Å². The largest absolute Gasteiger partial charge is 0.299 e. The maximum Gasteiger partial charge on any atom is 0.0406 e. The van der Waals surface area contributed by atoms with E-state index in [1.165, 1.54) is 18.5 Å². The molecule has 1 nitrogen and oxygen atoms in total. The Bertz CT molecular complexity index is 310. The number of likely N-dealkylation sites (tertiary alicyclic amines) is 1. The molecular weight excluding hydrogens is 229 g/mol. The van der Waals surface area contributed by atoms with Gasteiger partial charge in [0.05, 0.1) is 0 Å². The molecule has 1 fully saturated rings. The normalized spacial score (nSPS) is 22.1. The fourth-order valence-corrected chi connectivity index (χ4v) is 2.41. The minimum absolute atomic E-state index is 0.680. The topological polar surface area (TPSA) is 3.24 Å². The molecule has 82 valence electrons. The van der Waals surface area contributed by atoms with Crippen LogP contribution in [0.4, 0.5) is 0 Å². The van der Waals surface area contributed by atoms with E-state index >= 15 is 0 Å². The fraction of sp³-hybridized carbons (Fsp3) is 0.500. The molecule has 0 radical (unpaired) electrons. The summed E-state index contributed by atoms with van der Waals surface area (Å²) in [6.07, 6.45) is 1.23. The first-order chi connectivity index (χ1) is 7.28. The van der Waals surface area contributed by atoms with E-state index in [1.54, 1.807) is 0 Å². The van der Waals surface area contributed by atoms with Gasteiger partial charge in [-0.25, -0.2) is 0 Å². The van der Waals surface area contributed by atoms with Gasteiger partial charge in [-0.15, -0.1) is 11.6 Å². The van der Waals surface area contributed by atoms with Gasteiger partial charge in [0.15, 0.2) is 0 Å². The first-order valence-corrected chi connectivity index (χ1v) is 6.22. The summed E-state index contributed by atoms with van der Waals surface area (Å²) in [6, 6.07) is 8.09. The van der Waals surface area contributed by atoms with Gasteiger partial charge in [-0.2, -0.15) is 0 Å². The molecule has 15 heavy (non-hydrogen) atoms. The second-order valence-electron chi connectivity index (χ2n) is 4.17. The van der Waals surface area contributed by atoms with Crippen molar-refractivity contribution in [3.63, 3.8) is 0 Å². The average molecular weight is 244 g/mol. The van der Waals surface area contributed by atoms with E-state index in [2.05, 4.69) is 17.0 Å². The zero-order valence-corrected chi connectivity index (χ0v) is 10.1. The lowest BCUT2D eigenvalue weighted by Gasteiger charge is -2.15. The highest BCUT2D eigenvalue weighted by Gasteiger charge is 2.21. The minimum Gasteiger partial charge on any atom is -0.299 e. The number of hydrogen-bond donors (Lipinski definition) is 0. The SMILES string of the molecule is ClCC1CCN(Cc2ccc(Cl)cc2)C1. The Labute approximate surface area is 101 Å². The van der Waals surface area contributed by atoms with E-state index in [0.717, 1.165) is 24.0 Å². The third kappa shape index (κ3) is 3.10. The molecule has 1 unspecified atom stereocenters. The van der Waals surface area contributed by atoms with Crippen LogP contribution in [-0.4, -0.2) is 23.9 Å². The molecule has 0 spiro atoms. The first-order valence-electron chi connectivity index (χ1n) is 5.30. The van der Waals surface area contributed by atoms with Gasteiger partial charge in [0, 0.05) is 24.0 Å². The first kappa shape index (κ1) is 11.3. The lowest BCUT2D eigenvalue weighted by atomic mass is 10.2. The number of nitrogens with zero attached hydrogens (tertiary/aromatic N) is 1. The van der Waals surface area contributed by atoms with Crippen LogP contribution >= 0.6 is 23.2 Å². The summed E-state index contributed by atoms with van der Waals surface area (Å²) in [5.41, 5.74) is 1.33. The Morgan fingerprint density at radius 3 is 2.60 bits per heavy atom. The number of hydrogen-bond acceptors (Lipinski definition) is 1. The third-order valence-corrected chi connectivity index (χ3v) is 3.60. The van der Waals surface area contributed by atoms with Crippen molar-refractivity contribution in [2.75, 3.05) is 19.0 Å². The molecular formula is C12H15Cl2N. The molecule has 0 amide bonds. The molecule has 1 aromatic rings. The Balaban J connectivity index is 1.90. The second-order valence-corrected chi connectivity index (χ2v) is 4.92. The van der Waals surface area contributed by atoms with Crippen LogP contribution in [0, 0.1) is 5.92 Å². The van der Waals surface area contributed by atoms with Crippen LogP contribution in [0.15, 0.2) is 24.3 Å². The quantitative estimate of drug-likeness (QED) is 0.736. The van der Waals surface area contributed by atoms with Crippen molar-refractivity contribution >= 4 is 23.2 Å².